The molecular formula is C60H114NO8P. The molecule has 0 fully saturated rings. The summed E-state index contributed by atoms with van der Waals surface area (Å²) < 4.78 is 34.2. The van der Waals surface area contributed by atoms with Crippen molar-refractivity contribution in [2.75, 3.05) is 47.5 Å². The minimum Gasteiger partial charge on any atom is -0.756 e. The molecule has 0 heterocycles. The van der Waals surface area contributed by atoms with Gasteiger partial charge in [-0.15, -0.1) is 0 Å². The molecule has 0 aromatic carbocycles. The molecule has 0 saturated carbocycles. The first-order valence-corrected chi connectivity index (χ1v) is 31.2. The van der Waals surface area contributed by atoms with Crippen molar-refractivity contribution in [3.8, 4) is 0 Å². The molecule has 0 aliphatic heterocycles. The van der Waals surface area contributed by atoms with Crippen molar-refractivity contribution in [3.05, 3.63) is 36.5 Å². The van der Waals surface area contributed by atoms with E-state index in [2.05, 4.69) is 50.3 Å². The Bertz CT molecular complexity index is 1280. The van der Waals surface area contributed by atoms with Crippen molar-refractivity contribution in [2.45, 2.75) is 290 Å². The van der Waals surface area contributed by atoms with Gasteiger partial charge in [-0.05, 0) is 51.4 Å². The molecule has 0 aromatic rings. The van der Waals surface area contributed by atoms with Crippen molar-refractivity contribution in [3.63, 3.8) is 0 Å². The summed E-state index contributed by atoms with van der Waals surface area (Å²) in [5.74, 6) is -0.821. The zero-order valence-electron chi connectivity index (χ0n) is 46.7. The van der Waals surface area contributed by atoms with E-state index in [1.54, 1.807) is 0 Å². The van der Waals surface area contributed by atoms with Crippen molar-refractivity contribution < 1.29 is 42.1 Å². The zero-order chi connectivity index (χ0) is 51.3. The van der Waals surface area contributed by atoms with Gasteiger partial charge in [0.15, 0.2) is 6.10 Å². The summed E-state index contributed by atoms with van der Waals surface area (Å²) in [6.45, 7) is 4.27. The third kappa shape index (κ3) is 55.5. The Morgan fingerprint density at radius 2 is 0.771 bits per heavy atom. The number of hydrogen-bond acceptors (Lipinski definition) is 8. The average Bonchev–Trinajstić information content (AvgIpc) is 3.32. The van der Waals surface area contributed by atoms with Gasteiger partial charge in [-0.1, -0.05) is 256 Å². The van der Waals surface area contributed by atoms with Crippen molar-refractivity contribution in [1.29, 1.82) is 0 Å². The molecule has 0 bridgehead atoms. The maximum absolute atomic E-state index is 12.8. The molecule has 0 aliphatic rings. The lowest BCUT2D eigenvalue weighted by Gasteiger charge is -2.28. The molecule has 10 heteroatoms. The molecule has 0 rings (SSSR count). The number of unbranched alkanes of at least 4 members (excludes halogenated alkanes) is 35. The van der Waals surface area contributed by atoms with E-state index in [4.69, 9.17) is 18.5 Å². The highest BCUT2D eigenvalue weighted by Gasteiger charge is 2.22. The molecule has 9 nitrogen and oxygen atoms in total. The first-order valence-electron chi connectivity index (χ1n) is 29.7. The predicted molar refractivity (Wildman–Crippen MR) is 296 cm³/mol. The molecular weight excluding hydrogens is 894 g/mol. The topological polar surface area (TPSA) is 111 Å². The highest BCUT2D eigenvalue weighted by Crippen LogP contribution is 2.38. The van der Waals surface area contributed by atoms with Gasteiger partial charge in [0.25, 0.3) is 7.82 Å². The van der Waals surface area contributed by atoms with Crippen LogP contribution in [0.4, 0.5) is 0 Å². The molecule has 0 spiro atoms. The number of phosphoric acid groups is 1. The van der Waals surface area contributed by atoms with Crippen molar-refractivity contribution in [2.24, 2.45) is 0 Å². The smallest absolute Gasteiger partial charge is 0.306 e. The van der Waals surface area contributed by atoms with Crippen LogP contribution in [0.25, 0.3) is 0 Å². The first kappa shape index (κ1) is 68.2. The number of allylic oxidation sites excluding steroid dienone is 6. The van der Waals surface area contributed by atoms with Gasteiger partial charge < -0.3 is 27.9 Å². The Hall–Kier alpha value is -1.77. The standard InChI is InChI=1S/C60H114NO8P/c1-6-8-10-12-14-16-18-20-22-24-26-27-28-29-30-31-32-33-35-37-39-41-43-45-47-49-51-53-60(63)69-58(57-68-70(64,65)67-55-54-61(3,4)5)56-66-59(62)52-50-48-46-44-42-40-38-36-34-25-23-21-19-17-15-13-11-9-7-2/h18,20,24,26,28-29,58H,6-17,19,21-23,25,27,30-57H2,1-5H3/b20-18-,26-24-,29-28-. The first-order chi connectivity index (χ1) is 34.0. The van der Waals surface area contributed by atoms with E-state index in [0.29, 0.717) is 17.4 Å². The number of rotatable bonds is 55. The quantitative estimate of drug-likeness (QED) is 0.0195. The van der Waals surface area contributed by atoms with E-state index in [0.717, 1.165) is 51.4 Å². The molecule has 0 radical (unpaired) electrons. The van der Waals surface area contributed by atoms with Crippen LogP contribution in [0.2, 0.25) is 0 Å². The summed E-state index contributed by atoms with van der Waals surface area (Å²) in [5.41, 5.74) is 0. The van der Waals surface area contributed by atoms with Gasteiger partial charge >= 0.3 is 11.9 Å². The Morgan fingerprint density at radius 3 is 1.14 bits per heavy atom. The van der Waals surface area contributed by atoms with Crippen LogP contribution in [0.1, 0.15) is 284 Å². The lowest BCUT2D eigenvalue weighted by Crippen LogP contribution is -2.37. The van der Waals surface area contributed by atoms with Crippen LogP contribution >= 0.6 is 7.82 Å². The highest BCUT2D eigenvalue weighted by atomic mass is 31.2. The molecule has 70 heavy (non-hydrogen) atoms. The van der Waals surface area contributed by atoms with Crippen LogP contribution in [-0.2, 0) is 32.7 Å². The third-order valence-corrected chi connectivity index (χ3v) is 14.1. The number of phosphoric ester groups is 1. The summed E-state index contributed by atoms with van der Waals surface area (Å²) >= 11 is 0. The molecule has 0 aliphatic carbocycles. The molecule has 0 saturated heterocycles. The maximum atomic E-state index is 12.8. The SMILES string of the molecule is CCCCCCC/C=C\C/C=C\C/C=C\CCCCCCCCCCCCCCC(=O)OC(COC(=O)CCCCCCCCCCCCCCCCCCCCC)COP(=O)([O-])OCC[N+](C)(C)C. The molecule has 2 unspecified atom stereocenters. The van der Waals surface area contributed by atoms with E-state index in [1.165, 1.54) is 199 Å². The molecule has 2 atom stereocenters. The number of esters is 2. The van der Waals surface area contributed by atoms with Crippen molar-refractivity contribution >= 4 is 19.8 Å². The normalized spacial score (nSPS) is 13.5. The Labute approximate surface area is 433 Å². The molecule has 0 aromatic heterocycles. The average molecular weight is 1010 g/mol. The van der Waals surface area contributed by atoms with Gasteiger partial charge in [-0.25, -0.2) is 0 Å². The van der Waals surface area contributed by atoms with E-state index in [9.17, 15) is 19.0 Å². The lowest BCUT2D eigenvalue weighted by atomic mass is 10.0. The monoisotopic (exact) mass is 1010 g/mol. The fourth-order valence-electron chi connectivity index (χ4n) is 8.55. The molecule has 0 N–H and O–H groups in total. The summed E-state index contributed by atoms with van der Waals surface area (Å²) in [4.78, 5) is 37.9. The second-order valence-corrected chi connectivity index (χ2v) is 22.8. The molecule has 412 valence electrons. The maximum Gasteiger partial charge on any atom is 0.306 e. The number of carbonyl (C=O) groups is 2. The van der Waals surface area contributed by atoms with Gasteiger partial charge in [0.05, 0.1) is 27.7 Å². The fourth-order valence-corrected chi connectivity index (χ4v) is 9.28. The van der Waals surface area contributed by atoms with Crippen LogP contribution in [0.5, 0.6) is 0 Å². The van der Waals surface area contributed by atoms with E-state index >= 15 is 0 Å². The lowest BCUT2D eigenvalue weighted by molar-refractivity contribution is -0.870. The van der Waals surface area contributed by atoms with E-state index in [1.807, 2.05) is 21.1 Å². The van der Waals surface area contributed by atoms with Crippen LogP contribution in [0, 0.1) is 0 Å². The number of carbonyl (C=O) groups excluding carboxylic acids is 2. The summed E-state index contributed by atoms with van der Waals surface area (Å²) in [7, 11) is 1.18. The number of nitrogens with zero attached hydrogens (tertiary/aromatic N) is 1. The second-order valence-electron chi connectivity index (χ2n) is 21.4. The van der Waals surface area contributed by atoms with Gasteiger partial charge in [0.2, 0.25) is 0 Å². The van der Waals surface area contributed by atoms with Crippen molar-refractivity contribution in [1.82, 2.24) is 0 Å². The van der Waals surface area contributed by atoms with E-state index < -0.39 is 26.5 Å². The number of quaternary nitrogens is 1. The van der Waals surface area contributed by atoms with Gasteiger partial charge in [0, 0.05) is 12.8 Å². The van der Waals surface area contributed by atoms with Gasteiger partial charge in [0.1, 0.15) is 19.8 Å². The largest absolute Gasteiger partial charge is 0.756 e. The van der Waals surface area contributed by atoms with E-state index in [-0.39, 0.29) is 32.0 Å². The Morgan fingerprint density at radius 1 is 0.443 bits per heavy atom. The minimum atomic E-state index is -4.63. The van der Waals surface area contributed by atoms with Gasteiger partial charge in [-0.3, -0.25) is 14.2 Å². The Balaban J connectivity index is 4.13. The molecule has 0 amide bonds. The van der Waals surface area contributed by atoms with Crippen LogP contribution in [0.15, 0.2) is 36.5 Å². The van der Waals surface area contributed by atoms with Crippen LogP contribution in [-0.4, -0.2) is 70.0 Å². The second kappa shape index (κ2) is 52.1. The predicted octanol–water partition coefficient (Wildman–Crippen LogP) is 17.7. The number of likely N-dealkylation sites (N-methyl/N-ethyl adjacent to an activating group) is 1. The Kier molecular flexibility index (Phi) is 50.8. The van der Waals surface area contributed by atoms with Crippen LogP contribution < -0.4 is 4.89 Å². The number of hydrogen-bond donors (Lipinski definition) is 0. The number of ether oxygens (including phenoxy) is 2. The van der Waals surface area contributed by atoms with Crippen LogP contribution in [0.3, 0.4) is 0 Å². The third-order valence-electron chi connectivity index (χ3n) is 13.2. The summed E-state index contributed by atoms with van der Waals surface area (Å²) in [6, 6.07) is 0. The highest BCUT2D eigenvalue weighted by molar-refractivity contribution is 7.45. The zero-order valence-corrected chi connectivity index (χ0v) is 47.6. The fraction of sp³-hybridized carbons (Fsp3) is 0.867. The minimum absolute atomic E-state index is 0.0294. The summed E-state index contributed by atoms with van der Waals surface area (Å²) in [5, 5.41) is 0. The van der Waals surface area contributed by atoms with Gasteiger partial charge in [-0.2, -0.15) is 0 Å². The summed E-state index contributed by atoms with van der Waals surface area (Å²) in [6.07, 6.45) is 63.3.